The molecule has 1 aromatic rings. The second-order valence-corrected chi connectivity index (χ2v) is 3.47. The maximum atomic E-state index is 11.2. The molecule has 0 saturated carbocycles. The summed E-state index contributed by atoms with van der Waals surface area (Å²) in [4.78, 5) is 12.2. The van der Waals surface area contributed by atoms with Crippen molar-refractivity contribution in [1.82, 2.24) is 0 Å². The van der Waals surface area contributed by atoms with E-state index in [1.54, 1.807) is 11.3 Å². The van der Waals surface area contributed by atoms with Gasteiger partial charge in [0.1, 0.15) is 0 Å². The van der Waals surface area contributed by atoms with Crippen molar-refractivity contribution in [3.05, 3.63) is 28.5 Å². The van der Waals surface area contributed by atoms with Gasteiger partial charge in [0, 0.05) is 11.3 Å². The van der Waals surface area contributed by atoms with E-state index in [0.29, 0.717) is 6.61 Å². The monoisotopic (exact) mass is 180 g/mol. The van der Waals surface area contributed by atoms with Crippen LogP contribution in [0.1, 0.15) is 11.3 Å². The number of rotatable bonds is 1. The van der Waals surface area contributed by atoms with E-state index in [0.717, 1.165) is 16.9 Å². The molecule has 0 spiro atoms. The van der Waals surface area contributed by atoms with Gasteiger partial charge >= 0.3 is 5.97 Å². The van der Waals surface area contributed by atoms with Gasteiger partial charge < -0.3 is 4.74 Å². The number of carbonyl (C=O) groups is 1. The summed E-state index contributed by atoms with van der Waals surface area (Å²) >= 11 is 1.56. The molecule has 1 aromatic heterocycles. The fraction of sp³-hybridized carbons (Fsp3) is 0.222. The van der Waals surface area contributed by atoms with E-state index in [1.807, 2.05) is 23.6 Å². The first-order chi connectivity index (χ1) is 5.88. The fourth-order valence-electron chi connectivity index (χ4n) is 1.15. The molecule has 2 heterocycles. The highest BCUT2D eigenvalue weighted by molar-refractivity contribution is 7.11. The molecule has 0 N–H and O–H groups in total. The number of ether oxygens (including phenoxy) is 1. The number of cyclic esters (lactones) is 1. The quantitative estimate of drug-likeness (QED) is 0.618. The average Bonchev–Trinajstić information content (AvgIpc) is 2.57. The second kappa shape index (κ2) is 3.11. The Morgan fingerprint density at radius 1 is 1.50 bits per heavy atom. The number of carbonyl (C=O) groups excluding carboxylic acids is 1. The Morgan fingerprint density at radius 3 is 3.08 bits per heavy atom. The summed E-state index contributed by atoms with van der Waals surface area (Å²) in [5, 5.41) is 1.96. The molecule has 0 unspecified atom stereocenters. The van der Waals surface area contributed by atoms with Crippen LogP contribution in [0.4, 0.5) is 0 Å². The highest BCUT2D eigenvalue weighted by Crippen LogP contribution is 2.24. The Hall–Kier alpha value is -1.09. The molecule has 0 atom stereocenters. The lowest BCUT2D eigenvalue weighted by Crippen LogP contribution is -2.11. The fourth-order valence-corrected chi connectivity index (χ4v) is 1.90. The minimum atomic E-state index is -0.191. The van der Waals surface area contributed by atoms with E-state index < -0.39 is 0 Å². The van der Waals surface area contributed by atoms with Crippen molar-refractivity contribution in [2.45, 2.75) is 6.42 Å². The number of esters is 1. The van der Waals surface area contributed by atoms with Crippen LogP contribution in [-0.4, -0.2) is 12.6 Å². The molecular formula is C9H8O2S. The van der Waals surface area contributed by atoms with Crippen LogP contribution in [0.5, 0.6) is 0 Å². The van der Waals surface area contributed by atoms with Crippen LogP contribution < -0.4 is 0 Å². The van der Waals surface area contributed by atoms with Crippen molar-refractivity contribution in [3.8, 4) is 0 Å². The average molecular weight is 180 g/mol. The predicted octanol–water partition coefficient (Wildman–Crippen LogP) is 2.08. The van der Waals surface area contributed by atoms with Crippen LogP contribution in [-0.2, 0) is 9.53 Å². The van der Waals surface area contributed by atoms with Gasteiger partial charge in [-0.25, -0.2) is 4.79 Å². The zero-order valence-corrected chi connectivity index (χ0v) is 7.26. The van der Waals surface area contributed by atoms with Gasteiger partial charge in [-0.3, -0.25) is 0 Å². The van der Waals surface area contributed by atoms with Crippen molar-refractivity contribution in [3.63, 3.8) is 0 Å². The van der Waals surface area contributed by atoms with Crippen LogP contribution in [0.3, 0.4) is 0 Å². The first-order valence-electron chi connectivity index (χ1n) is 3.79. The summed E-state index contributed by atoms with van der Waals surface area (Å²) < 4.78 is 4.91. The van der Waals surface area contributed by atoms with E-state index in [1.165, 1.54) is 0 Å². The standard InChI is InChI=1S/C9H8O2S/c10-9-7(3-1-5-11-9)8-4-2-6-12-8/h2-4,6H,1,5H2. The van der Waals surface area contributed by atoms with Gasteiger partial charge in [-0.2, -0.15) is 0 Å². The van der Waals surface area contributed by atoms with Crippen molar-refractivity contribution in [2.75, 3.05) is 6.61 Å². The van der Waals surface area contributed by atoms with E-state index in [9.17, 15) is 4.79 Å². The molecule has 2 rings (SSSR count). The van der Waals surface area contributed by atoms with E-state index in [4.69, 9.17) is 4.74 Å². The SMILES string of the molecule is O=C1OCCC=C1c1cccs1. The van der Waals surface area contributed by atoms with Gasteiger partial charge in [-0.15, -0.1) is 11.3 Å². The highest BCUT2D eigenvalue weighted by Gasteiger charge is 2.16. The minimum Gasteiger partial charge on any atom is -0.462 e. The molecule has 0 fully saturated rings. The third kappa shape index (κ3) is 1.28. The molecule has 0 aromatic carbocycles. The summed E-state index contributed by atoms with van der Waals surface area (Å²) in [5.41, 5.74) is 0.719. The van der Waals surface area contributed by atoms with Crippen LogP contribution in [0.2, 0.25) is 0 Å². The third-order valence-electron chi connectivity index (χ3n) is 1.71. The molecule has 2 nitrogen and oxygen atoms in total. The van der Waals surface area contributed by atoms with E-state index in [2.05, 4.69) is 0 Å². The molecule has 0 aliphatic carbocycles. The Labute approximate surface area is 74.5 Å². The summed E-state index contributed by atoms with van der Waals surface area (Å²) in [5.74, 6) is -0.191. The first-order valence-corrected chi connectivity index (χ1v) is 4.67. The van der Waals surface area contributed by atoms with E-state index in [-0.39, 0.29) is 5.97 Å². The number of hydrogen-bond donors (Lipinski definition) is 0. The van der Waals surface area contributed by atoms with Crippen LogP contribution in [0.25, 0.3) is 5.57 Å². The maximum absolute atomic E-state index is 11.2. The van der Waals surface area contributed by atoms with Gasteiger partial charge in [0.15, 0.2) is 0 Å². The van der Waals surface area contributed by atoms with Gasteiger partial charge in [-0.05, 0) is 11.4 Å². The van der Waals surface area contributed by atoms with Crippen molar-refractivity contribution in [1.29, 1.82) is 0 Å². The number of thiophene rings is 1. The molecule has 0 amide bonds. The maximum Gasteiger partial charge on any atom is 0.339 e. The molecule has 1 aliphatic rings. The topological polar surface area (TPSA) is 26.3 Å². The van der Waals surface area contributed by atoms with Crippen LogP contribution in [0.15, 0.2) is 23.6 Å². The Bertz CT molecular complexity index is 311. The lowest BCUT2D eigenvalue weighted by molar-refractivity contribution is -0.137. The Morgan fingerprint density at radius 2 is 2.42 bits per heavy atom. The van der Waals surface area contributed by atoms with Crippen LogP contribution >= 0.6 is 11.3 Å². The van der Waals surface area contributed by atoms with Crippen LogP contribution in [0, 0.1) is 0 Å². The third-order valence-corrected chi connectivity index (χ3v) is 2.61. The second-order valence-electron chi connectivity index (χ2n) is 2.52. The zero-order valence-electron chi connectivity index (χ0n) is 6.45. The van der Waals surface area contributed by atoms with Gasteiger partial charge in [-0.1, -0.05) is 12.1 Å². The summed E-state index contributed by atoms with van der Waals surface area (Å²) in [6, 6.07) is 3.87. The lowest BCUT2D eigenvalue weighted by atomic mass is 10.1. The first kappa shape index (κ1) is 7.55. The molecule has 0 radical (unpaired) electrons. The normalized spacial score (nSPS) is 17.0. The molecule has 1 aliphatic heterocycles. The van der Waals surface area contributed by atoms with Gasteiger partial charge in [0.05, 0.1) is 12.2 Å². The Balaban J connectivity index is 2.34. The molecule has 3 heteroatoms. The van der Waals surface area contributed by atoms with Gasteiger partial charge in [0.25, 0.3) is 0 Å². The molecule has 0 saturated heterocycles. The number of hydrogen-bond acceptors (Lipinski definition) is 3. The lowest BCUT2D eigenvalue weighted by Gasteiger charge is -2.10. The summed E-state index contributed by atoms with van der Waals surface area (Å²) in [7, 11) is 0. The molecule has 12 heavy (non-hydrogen) atoms. The minimum absolute atomic E-state index is 0.191. The Kier molecular flexibility index (Phi) is 1.96. The smallest absolute Gasteiger partial charge is 0.339 e. The molecule has 0 bridgehead atoms. The van der Waals surface area contributed by atoms with Crippen molar-refractivity contribution >= 4 is 22.9 Å². The molecular weight excluding hydrogens is 172 g/mol. The summed E-state index contributed by atoms with van der Waals surface area (Å²) in [6.07, 6.45) is 2.77. The van der Waals surface area contributed by atoms with E-state index >= 15 is 0 Å². The van der Waals surface area contributed by atoms with Crippen molar-refractivity contribution in [2.24, 2.45) is 0 Å². The zero-order chi connectivity index (χ0) is 8.39. The van der Waals surface area contributed by atoms with Gasteiger partial charge in [0.2, 0.25) is 0 Å². The highest BCUT2D eigenvalue weighted by atomic mass is 32.1. The summed E-state index contributed by atoms with van der Waals surface area (Å²) in [6.45, 7) is 0.522. The predicted molar refractivity (Wildman–Crippen MR) is 47.9 cm³/mol. The van der Waals surface area contributed by atoms with Crippen molar-refractivity contribution < 1.29 is 9.53 Å². The molecule has 62 valence electrons. The largest absolute Gasteiger partial charge is 0.462 e.